The van der Waals surface area contributed by atoms with Crippen molar-refractivity contribution < 1.29 is 9.90 Å². The number of hydrogen-bond acceptors (Lipinski definition) is 1. The minimum atomic E-state index is -0.999. The highest BCUT2D eigenvalue weighted by Gasteiger charge is 2.12. The fraction of sp³-hybridized carbons (Fsp3) is 0.222. The largest absolute Gasteiger partial charge is 0.478 e. The van der Waals surface area contributed by atoms with Gasteiger partial charge in [-0.3, -0.25) is 0 Å². The molecule has 0 aliphatic rings. The molecule has 0 aliphatic carbocycles. The van der Waals surface area contributed by atoms with Gasteiger partial charge in [-0.05, 0) is 40.0 Å². The summed E-state index contributed by atoms with van der Waals surface area (Å²) in [6.07, 6.45) is 0.788. The van der Waals surface area contributed by atoms with E-state index in [2.05, 4.69) is 15.9 Å². The van der Waals surface area contributed by atoms with Gasteiger partial charge in [0.15, 0.2) is 0 Å². The fourth-order valence-electron chi connectivity index (χ4n) is 1.00. The smallest absolute Gasteiger partial charge is 0.337 e. The van der Waals surface area contributed by atoms with Gasteiger partial charge >= 0.3 is 5.97 Å². The average Bonchev–Trinajstić information content (AvgIpc) is 2.09. The molecule has 0 saturated heterocycles. The van der Waals surface area contributed by atoms with Crippen LogP contribution in [0.2, 0.25) is 5.02 Å². The molecule has 0 fully saturated rings. The second kappa shape index (κ2) is 4.11. The predicted octanol–water partition coefficient (Wildman–Crippen LogP) is 3.36. The quantitative estimate of drug-likeness (QED) is 0.888. The van der Waals surface area contributed by atoms with Crippen molar-refractivity contribution in [1.29, 1.82) is 0 Å². The van der Waals surface area contributed by atoms with Gasteiger partial charge in [0.2, 0.25) is 0 Å². The zero-order valence-corrected chi connectivity index (χ0v) is 9.32. The van der Waals surface area contributed by atoms with Gasteiger partial charge in [0.1, 0.15) is 0 Å². The molecule has 1 N–H and O–H groups in total. The molecule has 4 heteroatoms. The van der Waals surface area contributed by atoms with Gasteiger partial charge < -0.3 is 5.11 Å². The topological polar surface area (TPSA) is 37.3 Å². The fourth-order valence-corrected chi connectivity index (χ4v) is 1.70. The van der Waals surface area contributed by atoms with Crippen molar-refractivity contribution in [2.75, 3.05) is 0 Å². The molecule has 70 valence electrons. The first-order valence-corrected chi connectivity index (χ1v) is 4.94. The Bertz CT molecular complexity index is 350. The summed E-state index contributed by atoms with van der Waals surface area (Å²) in [4.78, 5) is 10.7. The van der Waals surface area contributed by atoms with Gasteiger partial charge in [-0.25, -0.2) is 4.79 Å². The Morgan fingerprint density at radius 1 is 1.62 bits per heavy atom. The predicted molar refractivity (Wildman–Crippen MR) is 55.5 cm³/mol. The molecule has 0 bridgehead atoms. The lowest BCUT2D eigenvalue weighted by Crippen LogP contribution is -1.99. The number of hydrogen-bond donors (Lipinski definition) is 1. The van der Waals surface area contributed by atoms with E-state index >= 15 is 0 Å². The van der Waals surface area contributed by atoms with E-state index in [1.807, 2.05) is 13.0 Å². The Balaban J connectivity index is 3.33. The number of halogens is 2. The number of aryl methyl sites for hydroxylation is 1. The molecule has 0 aliphatic heterocycles. The molecule has 0 saturated carbocycles. The van der Waals surface area contributed by atoms with Crippen LogP contribution in [0.4, 0.5) is 0 Å². The number of carboxylic acids is 1. The standard InChI is InChI=1S/C9H8BrClO2/c1-2-5-3-6(9(12)13)8(11)7(10)4-5/h3-4H,2H2,1H3,(H,12,13). The van der Waals surface area contributed by atoms with E-state index in [9.17, 15) is 4.79 Å². The lowest BCUT2D eigenvalue weighted by atomic mass is 10.1. The Labute approximate surface area is 89.7 Å². The van der Waals surface area contributed by atoms with E-state index in [0.29, 0.717) is 4.47 Å². The second-order valence-electron chi connectivity index (χ2n) is 2.60. The van der Waals surface area contributed by atoms with E-state index in [0.717, 1.165) is 12.0 Å². The van der Waals surface area contributed by atoms with Crippen LogP contribution in [0.25, 0.3) is 0 Å². The summed E-state index contributed by atoms with van der Waals surface area (Å²) in [5, 5.41) is 9.06. The third-order valence-corrected chi connectivity index (χ3v) is 2.99. The zero-order chi connectivity index (χ0) is 10.0. The molecule has 2 nitrogen and oxygen atoms in total. The highest BCUT2D eigenvalue weighted by Crippen LogP contribution is 2.28. The third-order valence-electron chi connectivity index (χ3n) is 1.73. The van der Waals surface area contributed by atoms with Crippen LogP contribution in [-0.2, 0) is 6.42 Å². The van der Waals surface area contributed by atoms with Crippen LogP contribution in [0, 0.1) is 0 Å². The summed E-state index contributed by atoms with van der Waals surface area (Å²) in [5.74, 6) is -0.999. The van der Waals surface area contributed by atoms with Crippen molar-refractivity contribution in [3.63, 3.8) is 0 Å². The first-order valence-electron chi connectivity index (χ1n) is 3.77. The minimum Gasteiger partial charge on any atom is -0.478 e. The molecule has 13 heavy (non-hydrogen) atoms. The molecule has 0 heterocycles. The van der Waals surface area contributed by atoms with Crippen LogP contribution in [0.5, 0.6) is 0 Å². The van der Waals surface area contributed by atoms with Crippen LogP contribution in [0.1, 0.15) is 22.8 Å². The Morgan fingerprint density at radius 2 is 2.23 bits per heavy atom. The van der Waals surface area contributed by atoms with E-state index < -0.39 is 5.97 Å². The zero-order valence-electron chi connectivity index (χ0n) is 6.97. The monoisotopic (exact) mass is 262 g/mol. The van der Waals surface area contributed by atoms with E-state index in [1.165, 1.54) is 0 Å². The van der Waals surface area contributed by atoms with Gasteiger partial charge in [-0.2, -0.15) is 0 Å². The van der Waals surface area contributed by atoms with Crippen LogP contribution >= 0.6 is 27.5 Å². The van der Waals surface area contributed by atoms with Crippen LogP contribution < -0.4 is 0 Å². The molecular formula is C9H8BrClO2. The average molecular weight is 264 g/mol. The van der Waals surface area contributed by atoms with Crippen molar-refractivity contribution in [3.8, 4) is 0 Å². The van der Waals surface area contributed by atoms with Crippen molar-refractivity contribution in [3.05, 3.63) is 32.8 Å². The van der Waals surface area contributed by atoms with Crippen LogP contribution in [0.3, 0.4) is 0 Å². The van der Waals surface area contributed by atoms with Crippen molar-refractivity contribution in [1.82, 2.24) is 0 Å². The molecule has 0 spiro atoms. The maximum atomic E-state index is 10.7. The first kappa shape index (κ1) is 10.5. The van der Waals surface area contributed by atoms with Crippen molar-refractivity contribution >= 4 is 33.5 Å². The van der Waals surface area contributed by atoms with Crippen LogP contribution in [0.15, 0.2) is 16.6 Å². The second-order valence-corrected chi connectivity index (χ2v) is 3.83. The Hall–Kier alpha value is -0.540. The SMILES string of the molecule is CCc1cc(Br)c(Cl)c(C(=O)O)c1. The molecule has 0 unspecified atom stereocenters. The molecule has 1 aromatic rings. The van der Waals surface area contributed by atoms with Gasteiger partial charge in [0.05, 0.1) is 10.6 Å². The lowest BCUT2D eigenvalue weighted by Gasteiger charge is -2.04. The number of aromatic carboxylic acids is 1. The number of carboxylic acid groups (broad SMARTS) is 1. The molecule has 0 amide bonds. The maximum Gasteiger partial charge on any atom is 0.337 e. The summed E-state index contributed by atoms with van der Waals surface area (Å²) in [5.41, 5.74) is 1.10. The first-order chi connectivity index (χ1) is 6.06. The van der Waals surface area contributed by atoms with Gasteiger partial charge in [-0.1, -0.05) is 18.5 Å². The summed E-state index contributed by atoms with van der Waals surface area (Å²) in [7, 11) is 0. The molecule has 0 radical (unpaired) electrons. The maximum absolute atomic E-state index is 10.7. The molecule has 0 aromatic heterocycles. The normalized spacial score (nSPS) is 10.1. The van der Waals surface area contributed by atoms with Gasteiger partial charge in [0.25, 0.3) is 0 Å². The van der Waals surface area contributed by atoms with E-state index in [-0.39, 0.29) is 10.6 Å². The summed E-state index contributed by atoms with van der Waals surface area (Å²) >= 11 is 9.00. The van der Waals surface area contributed by atoms with E-state index in [1.54, 1.807) is 6.07 Å². The molecule has 1 aromatic carbocycles. The van der Waals surface area contributed by atoms with Crippen molar-refractivity contribution in [2.45, 2.75) is 13.3 Å². The number of benzene rings is 1. The Morgan fingerprint density at radius 3 is 2.69 bits per heavy atom. The van der Waals surface area contributed by atoms with Crippen LogP contribution in [-0.4, -0.2) is 11.1 Å². The van der Waals surface area contributed by atoms with Gasteiger partial charge in [0, 0.05) is 4.47 Å². The lowest BCUT2D eigenvalue weighted by molar-refractivity contribution is 0.0697. The molecule has 0 atom stereocenters. The third kappa shape index (κ3) is 2.23. The van der Waals surface area contributed by atoms with E-state index in [4.69, 9.17) is 16.7 Å². The van der Waals surface area contributed by atoms with Gasteiger partial charge in [-0.15, -0.1) is 0 Å². The number of rotatable bonds is 2. The minimum absolute atomic E-state index is 0.146. The Kier molecular flexibility index (Phi) is 3.33. The number of carbonyl (C=O) groups is 1. The molecule has 1 rings (SSSR count). The molecular weight excluding hydrogens is 255 g/mol. The van der Waals surface area contributed by atoms with Crippen molar-refractivity contribution in [2.24, 2.45) is 0 Å². The summed E-state index contributed by atoms with van der Waals surface area (Å²) < 4.78 is 0.630. The summed E-state index contributed by atoms with van der Waals surface area (Å²) in [6, 6.07) is 3.42. The highest BCUT2D eigenvalue weighted by molar-refractivity contribution is 9.10. The summed E-state index contributed by atoms with van der Waals surface area (Å²) in [6.45, 7) is 1.96. The highest BCUT2D eigenvalue weighted by atomic mass is 79.9.